The molecule has 0 bridgehead atoms. The van der Waals surface area contributed by atoms with Crippen LogP contribution in [0.1, 0.15) is 20.3 Å². The van der Waals surface area contributed by atoms with Crippen LogP contribution in [0.5, 0.6) is 0 Å². The summed E-state index contributed by atoms with van der Waals surface area (Å²) in [4.78, 5) is 10.9. The number of carbonyl (C=O) groups excluding carboxylic acids is 1. The Bertz CT molecular complexity index is 322. The molecule has 0 heterocycles. The summed E-state index contributed by atoms with van der Waals surface area (Å²) in [6, 6.07) is 0. The summed E-state index contributed by atoms with van der Waals surface area (Å²) in [5, 5.41) is -1.06. The molecule has 5 nitrogen and oxygen atoms in total. The Morgan fingerprint density at radius 2 is 2.00 bits per heavy atom. The van der Waals surface area contributed by atoms with Crippen molar-refractivity contribution in [1.82, 2.24) is 0 Å². The van der Waals surface area contributed by atoms with Crippen LogP contribution >= 0.6 is 0 Å². The molecule has 0 aromatic rings. The van der Waals surface area contributed by atoms with E-state index in [0.29, 0.717) is 0 Å². The van der Waals surface area contributed by atoms with E-state index in [9.17, 15) is 13.2 Å². The van der Waals surface area contributed by atoms with Crippen molar-refractivity contribution in [3.05, 3.63) is 12.2 Å². The molecule has 0 spiro atoms. The number of hydrogen-bond donors (Lipinski definition) is 1. The molecule has 0 aliphatic carbocycles. The molecule has 1 unspecified atom stereocenters. The summed E-state index contributed by atoms with van der Waals surface area (Å²) in [7, 11) is -4.14. The van der Waals surface area contributed by atoms with Gasteiger partial charge in [-0.05, 0) is 13.3 Å². The number of ether oxygens (including phenoxy) is 1. The van der Waals surface area contributed by atoms with Crippen LogP contribution in [0.4, 0.5) is 0 Å². The normalized spacial score (nSPS) is 12.5. The number of esters is 1. The van der Waals surface area contributed by atoms with Gasteiger partial charge in [-0.15, -0.1) is 0 Å². The van der Waals surface area contributed by atoms with Gasteiger partial charge in [-0.2, -0.15) is 8.42 Å². The third kappa shape index (κ3) is 7.08. The average Bonchev–Trinajstić information content (AvgIpc) is 2.02. The van der Waals surface area contributed by atoms with Crippen LogP contribution in [0.15, 0.2) is 12.2 Å². The molecule has 0 aliphatic heterocycles. The molecule has 0 rings (SSSR count). The van der Waals surface area contributed by atoms with E-state index in [0.717, 1.165) is 0 Å². The maximum absolute atomic E-state index is 10.9. The Labute approximate surface area is 112 Å². The summed E-state index contributed by atoms with van der Waals surface area (Å²) in [5.74, 6) is -0.660. The van der Waals surface area contributed by atoms with Crippen LogP contribution in [0.3, 0.4) is 0 Å². The van der Waals surface area contributed by atoms with Crippen molar-refractivity contribution in [2.45, 2.75) is 25.5 Å². The molecular formula is C8H15NaO5S. The van der Waals surface area contributed by atoms with Gasteiger partial charge in [0.05, 0.1) is 0 Å². The van der Waals surface area contributed by atoms with Crippen LogP contribution in [0.2, 0.25) is 0 Å². The Kier molecular flexibility index (Phi) is 8.64. The van der Waals surface area contributed by atoms with Gasteiger partial charge in [-0.1, -0.05) is 13.5 Å². The summed E-state index contributed by atoms with van der Waals surface area (Å²) in [6.45, 7) is 6.02. The van der Waals surface area contributed by atoms with Crippen LogP contribution in [0, 0.1) is 0 Å². The quantitative estimate of drug-likeness (QED) is 0.322. The third-order valence-corrected chi connectivity index (χ3v) is 2.94. The Morgan fingerprint density at radius 1 is 1.53 bits per heavy atom. The van der Waals surface area contributed by atoms with Gasteiger partial charge in [0.25, 0.3) is 10.1 Å². The average molecular weight is 246 g/mol. The fourth-order valence-corrected chi connectivity index (χ4v) is 1.37. The van der Waals surface area contributed by atoms with E-state index in [-0.39, 0.29) is 48.2 Å². The minimum atomic E-state index is -4.14. The Hall–Kier alpha value is 0.120. The van der Waals surface area contributed by atoms with Crippen molar-refractivity contribution < 1.29 is 22.5 Å². The van der Waals surface area contributed by atoms with Crippen molar-refractivity contribution >= 4 is 45.6 Å². The third-order valence-electron chi connectivity index (χ3n) is 1.63. The first-order valence-electron chi connectivity index (χ1n) is 4.08. The van der Waals surface area contributed by atoms with Gasteiger partial charge in [-0.3, -0.25) is 4.55 Å². The maximum atomic E-state index is 10.9. The monoisotopic (exact) mass is 246 g/mol. The first kappa shape index (κ1) is 17.5. The van der Waals surface area contributed by atoms with E-state index in [2.05, 4.69) is 11.3 Å². The second kappa shape index (κ2) is 7.40. The summed E-state index contributed by atoms with van der Waals surface area (Å²) in [5.41, 5.74) is 0.190. The van der Waals surface area contributed by atoms with Gasteiger partial charge < -0.3 is 4.74 Å². The van der Waals surface area contributed by atoms with Gasteiger partial charge in [0.15, 0.2) is 0 Å². The number of rotatable bonds is 5. The van der Waals surface area contributed by atoms with Crippen molar-refractivity contribution in [3.63, 3.8) is 0 Å². The summed E-state index contributed by atoms with van der Waals surface area (Å²) in [6.07, 6.45) is 0.183. The van der Waals surface area contributed by atoms with Crippen LogP contribution in [-0.4, -0.2) is 60.4 Å². The summed E-state index contributed by atoms with van der Waals surface area (Å²) >= 11 is 0. The molecule has 7 heteroatoms. The van der Waals surface area contributed by atoms with E-state index >= 15 is 0 Å². The molecule has 1 atom stereocenters. The second-order valence-electron chi connectivity index (χ2n) is 2.92. The van der Waals surface area contributed by atoms with Gasteiger partial charge in [-0.25, -0.2) is 4.79 Å². The predicted molar refractivity (Wildman–Crippen MR) is 58.5 cm³/mol. The standard InChI is InChI=1S/C8H14O5S.Na.H/c1-4-7(14(10,11)12)5-13-8(9)6(2)3;;/h7H,2,4-5H2,1,3H3,(H,10,11,12);;. The Morgan fingerprint density at radius 3 is 2.27 bits per heavy atom. The van der Waals surface area contributed by atoms with Gasteiger partial charge in [0.2, 0.25) is 0 Å². The van der Waals surface area contributed by atoms with E-state index < -0.39 is 21.3 Å². The van der Waals surface area contributed by atoms with Gasteiger partial charge >= 0.3 is 35.5 Å². The fourth-order valence-electron chi connectivity index (χ4n) is 0.706. The molecule has 0 amide bonds. The van der Waals surface area contributed by atoms with Crippen LogP contribution < -0.4 is 0 Å². The van der Waals surface area contributed by atoms with E-state index in [1.54, 1.807) is 6.92 Å². The Balaban J connectivity index is 0. The second-order valence-corrected chi connectivity index (χ2v) is 4.62. The van der Waals surface area contributed by atoms with E-state index in [4.69, 9.17) is 4.55 Å². The fraction of sp³-hybridized carbons (Fsp3) is 0.625. The molecule has 84 valence electrons. The molecule has 0 aromatic carbocycles. The topological polar surface area (TPSA) is 80.7 Å². The predicted octanol–water partition coefficient (Wildman–Crippen LogP) is 0.124. The molecule has 15 heavy (non-hydrogen) atoms. The molecule has 0 aliphatic rings. The first-order valence-corrected chi connectivity index (χ1v) is 5.58. The van der Waals surface area contributed by atoms with Crippen molar-refractivity contribution in [3.8, 4) is 0 Å². The first-order chi connectivity index (χ1) is 6.29. The van der Waals surface area contributed by atoms with E-state index in [1.807, 2.05) is 0 Å². The van der Waals surface area contributed by atoms with Gasteiger partial charge in [0, 0.05) is 5.57 Å². The van der Waals surface area contributed by atoms with Crippen molar-refractivity contribution in [1.29, 1.82) is 0 Å². The molecule has 0 aromatic heterocycles. The van der Waals surface area contributed by atoms with Crippen LogP contribution in [-0.2, 0) is 19.6 Å². The number of carbonyl (C=O) groups is 1. The number of hydrogen-bond acceptors (Lipinski definition) is 4. The molecular weight excluding hydrogens is 231 g/mol. The SMILES string of the molecule is C=C(C)C(=O)OCC(CC)S(=O)(=O)O.[NaH]. The molecule has 0 radical (unpaired) electrons. The zero-order valence-corrected chi connectivity index (χ0v) is 9.00. The molecule has 1 N–H and O–H groups in total. The zero-order valence-electron chi connectivity index (χ0n) is 8.19. The van der Waals surface area contributed by atoms with Crippen LogP contribution in [0.25, 0.3) is 0 Å². The summed E-state index contributed by atoms with van der Waals surface area (Å²) < 4.78 is 34.7. The van der Waals surface area contributed by atoms with Crippen molar-refractivity contribution in [2.24, 2.45) is 0 Å². The molecule has 0 saturated carbocycles. The minimum absolute atomic E-state index is 0. The molecule has 0 saturated heterocycles. The van der Waals surface area contributed by atoms with E-state index in [1.165, 1.54) is 6.92 Å². The molecule has 0 fully saturated rings. The zero-order chi connectivity index (χ0) is 11.4. The van der Waals surface area contributed by atoms with Crippen molar-refractivity contribution in [2.75, 3.05) is 6.61 Å². The van der Waals surface area contributed by atoms with Gasteiger partial charge in [0.1, 0.15) is 11.9 Å².